The summed E-state index contributed by atoms with van der Waals surface area (Å²) in [5.41, 5.74) is 0. The van der Waals surface area contributed by atoms with Gasteiger partial charge in [0.2, 0.25) is 0 Å². The number of aliphatic hydroxyl groups is 1. The minimum Gasteiger partial charge on any atom is -0.396 e. The quantitative estimate of drug-likeness (QED) is 0.766. The van der Waals surface area contributed by atoms with Gasteiger partial charge in [0.25, 0.3) is 0 Å². The second-order valence-electron chi connectivity index (χ2n) is 4.92. The first-order valence-corrected chi connectivity index (χ1v) is 6.33. The van der Waals surface area contributed by atoms with Crippen LogP contribution in [0.3, 0.4) is 0 Å². The first-order valence-electron chi connectivity index (χ1n) is 6.33. The fourth-order valence-corrected chi connectivity index (χ4v) is 2.59. The molecule has 0 amide bonds. The van der Waals surface area contributed by atoms with E-state index in [2.05, 4.69) is 4.90 Å². The van der Waals surface area contributed by atoms with Crippen molar-refractivity contribution in [1.82, 2.24) is 4.90 Å². The van der Waals surface area contributed by atoms with Crippen LogP contribution in [-0.2, 0) is 4.74 Å². The van der Waals surface area contributed by atoms with Gasteiger partial charge in [-0.05, 0) is 51.1 Å². The molecule has 0 aromatic rings. The number of hydrogen-bond donors (Lipinski definition) is 1. The molecular weight excluding hydrogens is 190 g/mol. The molecule has 0 bridgehead atoms. The Morgan fingerprint density at radius 1 is 1.13 bits per heavy atom. The lowest BCUT2D eigenvalue weighted by molar-refractivity contribution is -0.0128. The third-order valence-corrected chi connectivity index (χ3v) is 3.70. The summed E-state index contributed by atoms with van der Waals surface area (Å²) in [7, 11) is 0. The topological polar surface area (TPSA) is 32.7 Å². The molecule has 3 heteroatoms. The maximum absolute atomic E-state index is 9.06. The minimum absolute atomic E-state index is 0.369. The van der Waals surface area contributed by atoms with Crippen molar-refractivity contribution in [2.45, 2.75) is 38.2 Å². The van der Waals surface area contributed by atoms with E-state index in [-0.39, 0.29) is 0 Å². The van der Waals surface area contributed by atoms with E-state index < -0.39 is 0 Å². The molecule has 2 rings (SSSR count). The van der Waals surface area contributed by atoms with E-state index in [0.29, 0.717) is 18.6 Å². The molecule has 2 aliphatic heterocycles. The first kappa shape index (κ1) is 11.4. The average Bonchev–Trinajstić information content (AvgIpc) is 2.31. The summed E-state index contributed by atoms with van der Waals surface area (Å²) in [6, 6.07) is 0. The van der Waals surface area contributed by atoms with Crippen molar-refractivity contribution in [3.05, 3.63) is 0 Å². The van der Waals surface area contributed by atoms with Crippen LogP contribution < -0.4 is 0 Å². The van der Waals surface area contributed by atoms with E-state index in [1.165, 1.54) is 19.3 Å². The van der Waals surface area contributed by atoms with Gasteiger partial charge in [-0.1, -0.05) is 0 Å². The van der Waals surface area contributed by atoms with Gasteiger partial charge in [0.05, 0.1) is 6.10 Å². The molecule has 2 saturated heterocycles. The van der Waals surface area contributed by atoms with Gasteiger partial charge in [0.15, 0.2) is 0 Å². The molecular formula is C12H23NO2. The summed E-state index contributed by atoms with van der Waals surface area (Å²) >= 11 is 0. The average molecular weight is 213 g/mol. The normalized spacial score (nSPS) is 30.6. The van der Waals surface area contributed by atoms with E-state index in [0.717, 1.165) is 39.1 Å². The number of piperidine rings is 1. The van der Waals surface area contributed by atoms with Crippen molar-refractivity contribution in [2.75, 3.05) is 32.8 Å². The molecule has 1 N–H and O–H groups in total. The lowest BCUT2D eigenvalue weighted by Crippen LogP contribution is -2.41. The van der Waals surface area contributed by atoms with Gasteiger partial charge >= 0.3 is 0 Å². The number of ether oxygens (including phenoxy) is 1. The number of hydrogen-bond acceptors (Lipinski definition) is 3. The number of likely N-dealkylation sites (tertiary alicyclic amines) is 1. The van der Waals surface area contributed by atoms with Crippen LogP contribution in [0.4, 0.5) is 0 Å². The Labute approximate surface area is 92.4 Å². The fraction of sp³-hybridized carbons (Fsp3) is 1.00. The highest BCUT2D eigenvalue weighted by Gasteiger charge is 2.22. The largest absolute Gasteiger partial charge is 0.396 e. The molecule has 88 valence electrons. The fourth-order valence-electron chi connectivity index (χ4n) is 2.59. The zero-order valence-corrected chi connectivity index (χ0v) is 9.53. The van der Waals surface area contributed by atoms with Crippen molar-refractivity contribution >= 4 is 0 Å². The molecule has 0 aromatic heterocycles. The highest BCUT2D eigenvalue weighted by atomic mass is 16.5. The Hall–Kier alpha value is -0.120. The smallest absolute Gasteiger partial charge is 0.0702 e. The summed E-state index contributed by atoms with van der Waals surface area (Å²) in [6.45, 7) is 4.72. The molecule has 2 fully saturated rings. The Balaban J connectivity index is 1.67. The van der Waals surface area contributed by atoms with Gasteiger partial charge in [-0.2, -0.15) is 0 Å². The van der Waals surface area contributed by atoms with Crippen LogP contribution in [0, 0.1) is 5.92 Å². The lowest BCUT2D eigenvalue weighted by Gasteiger charge is -2.34. The zero-order chi connectivity index (χ0) is 10.5. The van der Waals surface area contributed by atoms with Crippen LogP contribution in [0.5, 0.6) is 0 Å². The predicted molar refractivity (Wildman–Crippen MR) is 59.8 cm³/mol. The SMILES string of the molecule is OCC1CCN(CC2CCCCO2)CC1. The van der Waals surface area contributed by atoms with E-state index in [4.69, 9.17) is 9.84 Å². The maximum atomic E-state index is 9.06. The zero-order valence-electron chi connectivity index (χ0n) is 9.53. The van der Waals surface area contributed by atoms with Crippen LogP contribution in [-0.4, -0.2) is 49.0 Å². The van der Waals surface area contributed by atoms with Crippen molar-refractivity contribution in [3.63, 3.8) is 0 Å². The third-order valence-electron chi connectivity index (χ3n) is 3.70. The van der Waals surface area contributed by atoms with Crippen molar-refractivity contribution in [1.29, 1.82) is 0 Å². The molecule has 15 heavy (non-hydrogen) atoms. The van der Waals surface area contributed by atoms with Gasteiger partial charge < -0.3 is 14.7 Å². The Morgan fingerprint density at radius 2 is 1.93 bits per heavy atom. The molecule has 1 atom stereocenters. The Morgan fingerprint density at radius 3 is 2.53 bits per heavy atom. The van der Waals surface area contributed by atoms with E-state index in [1.807, 2.05) is 0 Å². The van der Waals surface area contributed by atoms with Crippen LogP contribution >= 0.6 is 0 Å². The van der Waals surface area contributed by atoms with E-state index >= 15 is 0 Å². The summed E-state index contributed by atoms with van der Waals surface area (Å²) in [5.74, 6) is 0.550. The van der Waals surface area contributed by atoms with Gasteiger partial charge in [-0.15, -0.1) is 0 Å². The number of nitrogens with zero attached hydrogens (tertiary/aromatic N) is 1. The molecule has 0 aliphatic carbocycles. The minimum atomic E-state index is 0.369. The molecule has 0 spiro atoms. The lowest BCUT2D eigenvalue weighted by atomic mass is 9.97. The van der Waals surface area contributed by atoms with E-state index in [1.54, 1.807) is 0 Å². The van der Waals surface area contributed by atoms with Gasteiger partial charge in [0, 0.05) is 19.8 Å². The molecule has 0 radical (unpaired) electrons. The molecule has 2 heterocycles. The molecule has 3 nitrogen and oxygen atoms in total. The van der Waals surface area contributed by atoms with Crippen LogP contribution in [0.2, 0.25) is 0 Å². The van der Waals surface area contributed by atoms with Crippen molar-refractivity contribution < 1.29 is 9.84 Å². The Kier molecular flexibility index (Phi) is 4.42. The number of aliphatic hydroxyl groups excluding tert-OH is 1. The standard InChI is InChI=1S/C12H23NO2/c14-10-11-4-6-13(7-5-11)9-12-3-1-2-8-15-12/h11-12,14H,1-10H2. The molecule has 0 aromatic carbocycles. The maximum Gasteiger partial charge on any atom is 0.0702 e. The predicted octanol–water partition coefficient (Wildman–Crippen LogP) is 1.26. The summed E-state index contributed by atoms with van der Waals surface area (Å²) in [6.07, 6.45) is 6.59. The third kappa shape index (κ3) is 3.44. The summed E-state index contributed by atoms with van der Waals surface area (Å²) in [4.78, 5) is 2.50. The monoisotopic (exact) mass is 213 g/mol. The van der Waals surface area contributed by atoms with Crippen LogP contribution in [0.25, 0.3) is 0 Å². The summed E-state index contributed by atoms with van der Waals surface area (Å²) < 4.78 is 5.74. The number of rotatable bonds is 3. The van der Waals surface area contributed by atoms with Crippen molar-refractivity contribution in [2.24, 2.45) is 5.92 Å². The first-order chi connectivity index (χ1) is 7.38. The highest BCUT2D eigenvalue weighted by Crippen LogP contribution is 2.19. The van der Waals surface area contributed by atoms with Crippen LogP contribution in [0.15, 0.2) is 0 Å². The van der Waals surface area contributed by atoms with Gasteiger partial charge in [-0.3, -0.25) is 0 Å². The second-order valence-corrected chi connectivity index (χ2v) is 4.92. The highest BCUT2D eigenvalue weighted by molar-refractivity contribution is 4.75. The molecule has 2 aliphatic rings. The van der Waals surface area contributed by atoms with Gasteiger partial charge in [0.1, 0.15) is 0 Å². The molecule has 0 saturated carbocycles. The molecule has 1 unspecified atom stereocenters. The summed E-state index contributed by atoms with van der Waals surface area (Å²) in [5, 5.41) is 9.06. The Bertz CT molecular complexity index is 172. The second kappa shape index (κ2) is 5.83. The van der Waals surface area contributed by atoms with Crippen LogP contribution in [0.1, 0.15) is 32.1 Å². The van der Waals surface area contributed by atoms with E-state index in [9.17, 15) is 0 Å². The van der Waals surface area contributed by atoms with Gasteiger partial charge in [-0.25, -0.2) is 0 Å². The van der Waals surface area contributed by atoms with Crippen molar-refractivity contribution in [3.8, 4) is 0 Å².